The third-order valence-corrected chi connectivity index (χ3v) is 5.95. The summed E-state index contributed by atoms with van der Waals surface area (Å²) in [5, 5.41) is 0.897. The van der Waals surface area contributed by atoms with Crippen LogP contribution in [0.5, 0.6) is 5.75 Å². The molecule has 0 aliphatic heterocycles. The fourth-order valence-corrected chi connectivity index (χ4v) is 4.22. The predicted octanol–water partition coefficient (Wildman–Crippen LogP) is 4.03. The summed E-state index contributed by atoms with van der Waals surface area (Å²) in [4.78, 5) is 38.9. The average Bonchev–Trinajstić information content (AvgIpc) is 3.30. The molecule has 1 heterocycles. The van der Waals surface area contributed by atoms with E-state index in [1.54, 1.807) is 17.0 Å². The SMILES string of the molecule is CC(C)(C)N(Cc1ccccc1)C(=O)COC(=O)COc1ccc2c3c(c(=O)oc2c1)CCC3. The van der Waals surface area contributed by atoms with Crippen LogP contribution in [-0.4, -0.2) is 35.5 Å². The van der Waals surface area contributed by atoms with Crippen LogP contribution in [0, 0.1) is 0 Å². The lowest BCUT2D eigenvalue weighted by molar-refractivity contribution is -0.156. The lowest BCUT2D eigenvalue weighted by Gasteiger charge is -2.35. The van der Waals surface area contributed by atoms with Gasteiger partial charge in [0.2, 0.25) is 0 Å². The molecule has 0 saturated carbocycles. The number of amides is 1. The number of nitrogens with zero attached hydrogens (tertiary/aromatic N) is 1. The maximum absolute atomic E-state index is 12.8. The van der Waals surface area contributed by atoms with Crippen molar-refractivity contribution in [2.75, 3.05) is 13.2 Å². The summed E-state index contributed by atoms with van der Waals surface area (Å²) in [6, 6.07) is 14.8. The van der Waals surface area contributed by atoms with Gasteiger partial charge in [0.05, 0.1) is 0 Å². The van der Waals surface area contributed by atoms with E-state index in [1.807, 2.05) is 57.2 Å². The molecule has 178 valence electrons. The fraction of sp³-hybridized carbons (Fsp3) is 0.370. The van der Waals surface area contributed by atoms with E-state index >= 15 is 0 Å². The minimum atomic E-state index is -0.655. The average molecular weight is 464 g/mol. The van der Waals surface area contributed by atoms with Crippen molar-refractivity contribution in [2.45, 2.75) is 52.1 Å². The fourth-order valence-electron chi connectivity index (χ4n) is 4.22. The van der Waals surface area contributed by atoms with Gasteiger partial charge in [-0.15, -0.1) is 0 Å². The molecule has 2 aromatic carbocycles. The Morgan fingerprint density at radius 1 is 1.00 bits per heavy atom. The molecule has 0 fully saturated rings. The first-order valence-electron chi connectivity index (χ1n) is 11.4. The van der Waals surface area contributed by atoms with E-state index in [1.165, 1.54) is 0 Å². The molecule has 34 heavy (non-hydrogen) atoms. The van der Waals surface area contributed by atoms with Crippen molar-refractivity contribution in [2.24, 2.45) is 0 Å². The second-order valence-corrected chi connectivity index (χ2v) is 9.44. The van der Waals surface area contributed by atoms with Gasteiger partial charge < -0.3 is 18.8 Å². The molecular weight excluding hydrogens is 434 g/mol. The van der Waals surface area contributed by atoms with Crippen molar-refractivity contribution in [3.05, 3.63) is 75.6 Å². The number of carbonyl (C=O) groups excluding carboxylic acids is 2. The molecule has 0 atom stereocenters. The highest BCUT2D eigenvalue weighted by Crippen LogP contribution is 2.29. The molecule has 1 aliphatic carbocycles. The molecule has 1 amide bonds. The van der Waals surface area contributed by atoms with Gasteiger partial charge in [0, 0.05) is 29.1 Å². The van der Waals surface area contributed by atoms with E-state index in [9.17, 15) is 14.4 Å². The quantitative estimate of drug-likeness (QED) is 0.388. The number of hydrogen-bond acceptors (Lipinski definition) is 6. The molecule has 1 aromatic heterocycles. The molecule has 3 aromatic rings. The van der Waals surface area contributed by atoms with Crippen LogP contribution in [-0.2, 0) is 33.7 Å². The van der Waals surface area contributed by atoms with Gasteiger partial charge in [0.1, 0.15) is 11.3 Å². The number of hydrogen-bond donors (Lipinski definition) is 0. The lowest BCUT2D eigenvalue weighted by atomic mass is 10.0. The van der Waals surface area contributed by atoms with Gasteiger partial charge in [-0.05, 0) is 63.3 Å². The van der Waals surface area contributed by atoms with Crippen molar-refractivity contribution < 1.29 is 23.5 Å². The summed E-state index contributed by atoms with van der Waals surface area (Å²) >= 11 is 0. The van der Waals surface area contributed by atoms with Crippen LogP contribution in [0.3, 0.4) is 0 Å². The molecule has 7 nitrogen and oxygen atoms in total. The van der Waals surface area contributed by atoms with E-state index < -0.39 is 11.5 Å². The van der Waals surface area contributed by atoms with Crippen molar-refractivity contribution in [3.63, 3.8) is 0 Å². The summed E-state index contributed by atoms with van der Waals surface area (Å²) < 4.78 is 16.1. The number of rotatable bonds is 7. The van der Waals surface area contributed by atoms with Gasteiger partial charge in [0.25, 0.3) is 5.91 Å². The number of benzene rings is 2. The van der Waals surface area contributed by atoms with Gasteiger partial charge in [-0.25, -0.2) is 9.59 Å². The first kappa shape index (κ1) is 23.5. The molecule has 0 radical (unpaired) electrons. The Morgan fingerprint density at radius 3 is 2.47 bits per heavy atom. The van der Waals surface area contributed by atoms with Crippen LogP contribution >= 0.6 is 0 Å². The minimum absolute atomic E-state index is 0.286. The lowest BCUT2D eigenvalue weighted by Crippen LogP contribution is -2.47. The number of ether oxygens (including phenoxy) is 2. The number of aryl methyl sites for hydroxylation is 1. The van der Waals surface area contributed by atoms with Crippen molar-refractivity contribution in [3.8, 4) is 5.75 Å². The van der Waals surface area contributed by atoms with E-state index in [-0.39, 0.29) is 24.7 Å². The monoisotopic (exact) mass is 463 g/mol. The Bertz CT molecular complexity index is 1260. The molecule has 4 rings (SSSR count). The largest absolute Gasteiger partial charge is 0.482 e. The number of carbonyl (C=O) groups is 2. The number of esters is 1. The first-order valence-corrected chi connectivity index (χ1v) is 11.4. The highest BCUT2D eigenvalue weighted by Gasteiger charge is 2.27. The standard InChI is InChI=1S/C27H29NO6/c1-27(2,3)28(15-18-8-5-4-6-9-18)24(29)16-33-25(30)17-32-19-12-13-21-20-10-7-11-22(20)26(31)34-23(21)14-19/h4-6,8-9,12-14H,7,10-11,15-17H2,1-3H3. The summed E-state index contributed by atoms with van der Waals surface area (Å²) in [6.07, 6.45) is 2.54. The Hall–Kier alpha value is -3.61. The van der Waals surface area contributed by atoms with Crippen molar-refractivity contribution in [1.82, 2.24) is 4.90 Å². The maximum Gasteiger partial charge on any atom is 0.344 e. The smallest absolute Gasteiger partial charge is 0.344 e. The predicted molar refractivity (Wildman–Crippen MR) is 128 cm³/mol. The van der Waals surface area contributed by atoms with Gasteiger partial charge in [-0.2, -0.15) is 0 Å². The van der Waals surface area contributed by atoms with Crippen LogP contribution in [0.25, 0.3) is 11.0 Å². The van der Waals surface area contributed by atoms with Crippen LogP contribution in [0.15, 0.2) is 57.7 Å². The molecular formula is C27H29NO6. The molecule has 0 spiro atoms. The Kier molecular flexibility index (Phi) is 6.72. The minimum Gasteiger partial charge on any atom is -0.482 e. The maximum atomic E-state index is 12.8. The second kappa shape index (κ2) is 9.71. The van der Waals surface area contributed by atoms with E-state index in [0.29, 0.717) is 17.9 Å². The number of fused-ring (bicyclic) bond motifs is 3. The molecule has 1 aliphatic rings. The summed E-state index contributed by atoms with van der Waals surface area (Å²) in [6.45, 7) is 5.50. The summed E-state index contributed by atoms with van der Waals surface area (Å²) in [7, 11) is 0. The Morgan fingerprint density at radius 2 is 1.74 bits per heavy atom. The summed E-state index contributed by atoms with van der Waals surface area (Å²) in [5.41, 5.74) is 2.47. The Labute approximate surface area is 198 Å². The zero-order chi connectivity index (χ0) is 24.3. The third-order valence-electron chi connectivity index (χ3n) is 5.95. The Balaban J connectivity index is 1.34. The van der Waals surface area contributed by atoms with Crippen LogP contribution in [0.2, 0.25) is 0 Å². The third kappa shape index (κ3) is 5.30. The first-order chi connectivity index (χ1) is 16.2. The van der Waals surface area contributed by atoms with Crippen LogP contribution in [0.4, 0.5) is 0 Å². The zero-order valence-corrected chi connectivity index (χ0v) is 19.8. The van der Waals surface area contributed by atoms with Gasteiger partial charge in [0.15, 0.2) is 13.2 Å². The highest BCUT2D eigenvalue weighted by molar-refractivity contribution is 5.83. The van der Waals surface area contributed by atoms with E-state index in [2.05, 4.69) is 0 Å². The molecule has 7 heteroatoms. The molecule has 0 saturated heterocycles. The van der Waals surface area contributed by atoms with Gasteiger partial charge >= 0.3 is 11.6 Å². The van der Waals surface area contributed by atoms with Crippen LogP contribution < -0.4 is 10.4 Å². The zero-order valence-electron chi connectivity index (χ0n) is 19.8. The van der Waals surface area contributed by atoms with E-state index in [0.717, 1.165) is 41.3 Å². The van der Waals surface area contributed by atoms with Crippen molar-refractivity contribution in [1.29, 1.82) is 0 Å². The molecule has 0 unspecified atom stereocenters. The highest BCUT2D eigenvalue weighted by atomic mass is 16.6. The van der Waals surface area contributed by atoms with Crippen molar-refractivity contribution >= 4 is 22.8 Å². The second-order valence-electron chi connectivity index (χ2n) is 9.44. The molecule has 0 bridgehead atoms. The molecule has 0 N–H and O–H groups in total. The van der Waals surface area contributed by atoms with Gasteiger partial charge in [-0.3, -0.25) is 4.79 Å². The topological polar surface area (TPSA) is 86.0 Å². The van der Waals surface area contributed by atoms with E-state index in [4.69, 9.17) is 13.9 Å². The summed E-state index contributed by atoms with van der Waals surface area (Å²) in [5.74, 6) is -0.555. The normalized spacial score (nSPS) is 12.9. The van der Waals surface area contributed by atoms with Gasteiger partial charge in [-0.1, -0.05) is 30.3 Å². The van der Waals surface area contributed by atoms with Crippen LogP contribution in [0.1, 0.15) is 43.9 Å².